The molecule has 1 atom stereocenters. The van der Waals surface area contributed by atoms with Crippen LogP contribution in [0.4, 0.5) is 43.9 Å². The first kappa shape index (κ1) is 33.4. The second-order valence-corrected chi connectivity index (χ2v) is 11.0. The van der Waals surface area contributed by atoms with E-state index in [1.54, 1.807) is 5.32 Å². The Hall–Kier alpha value is -2.09. The number of hydrogen-bond acceptors (Lipinski definition) is 2. The van der Waals surface area contributed by atoms with Gasteiger partial charge in [-0.1, -0.05) is 59.2 Å². The highest BCUT2D eigenvalue weighted by molar-refractivity contribution is 7.80. The average Bonchev–Trinajstić information content (AvgIpc) is 3.62. The summed E-state index contributed by atoms with van der Waals surface area (Å²) < 4.78 is 136. The Kier molecular flexibility index (Phi) is 9.69. The zero-order valence-electron chi connectivity index (χ0n) is 20.1. The topological polar surface area (TPSA) is 29.1 Å². The SMILES string of the molecule is O=C(NCC(F)(F)F)C1(CC(=S)c2ccc(/C(F)=C/C(c3cc(Cl)c(Cl)c(Cl)c3)C(F)(F)F)cc2C(F)(F)F)CC1. The highest BCUT2D eigenvalue weighted by Gasteiger charge is 2.51. The maximum absolute atomic E-state index is 15.1. The first-order chi connectivity index (χ1) is 18.6. The number of benzene rings is 2. The lowest BCUT2D eigenvalue weighted by atomic mass is 9.91. The molecule has 1 fully saturated rings. The zero-order chi connectivity index (χ0) is 31.1. The van der Waals surface area contributed by atoms with Crippen molar-refractivity contribution in [1.29, 1.82) is 0 Å². The smallest absolute Gasteiger partial charge is 0.346 e. The summed E-state index contributed by atoms with van der Waals surface area (Å²) in [5, 5.41) is 0.700. The molecule has 0 aliphatic heterocycles. The summed E-state index contributed by atoms with van der Waals surface area (Å²) in [5.74, 6) is -5.37. The Bertz CT molecular complexity index is 1360. The van der Waals surface area contributed by atoms with Gasteiger partial charge < -0.3 is 5.32 Å². The molecule has 0 heterocycles. The molecule has 1 amide bonds. The molecule has 2 aromatic carbocycles. The predicted molar refractivity (Wildman–Crippen MR) is 138 cm³/mol. The summed E-state index contributed by atoms with van der Waals surface area (Å²) in [6.45, 7) is -1.64. The van der Waals surface area contributed by atoms with Crippen molar-refractivity contribution in [2.45, 2.75) is 43.7 Å². The minimum atomic E-state index is -5.16. The summed E-state index contributed by atoms with van der Waals surface area (Å²) in [6.07, 6.45) is -15.3. The van der Waals surface area contributed by atoms with Crippen LogP contribution in [0.25, 0.3) is 5.83 Å². The summed E-state index contributed by atoms with van der Waals surface area (Å²) in [6, 6.07) is 3.33. The molecule has 1 aliphatic rings. The number of amides is 1. The summed E-state index contributed by atoms with van der Waals surface area (Å²) in [5.41, 5.74) is -5.10. The molecular weight excluding hydrogens is 659 g/mol. The van der Waals surface area contributed by atoms with Crippen LogP contribution in [-0.2, 0) is 11.0 Å². The molecular formula is C25H16Cl3F10NOS. The first-order valence-electron chi connectivity index (χ1n) is 11.3. The van der Waals surface area contributed by atoms with Crippen LogP contribution in [0.5, 0.6) is 0 Å². The fraction of sp³-hybridized carbons (Fsp3) is 0.360. The van der Waals surface area contributed by atoms with Gasteiger partial charge in [-0.2, -0.15) is 39.5 Å². The quantitative estimate of drug-likeness (QED) is 0.131. The van der Waals surface area contributed by atoms with Crippen LogP contribution in [0.1, 0.15) is 47.4 Å². The lowest BCUT2D eigenvalue weighted by molar-refractivity contribution is -0.141. The van der Waals surface area contributed by atoms with E-state index < -0.39 is 81.7 Å². The van der Waals surface area contributed by atoms with Crippen LogP contribution in [0, 0.1) is 5.41 Å². The van der Waals surface area contributed by atoms with Crippen molar-refractivity contribution < 1.29 is 48.7 Å². The minimum absolute atomic E-state index is 0.0492. The maximum atomic E-state index is 15.1. The molecule has 1 N–H and O–H groups in total. The zero-order valence-corrected chi connectivity index (χ0v) is 23.2. The van der Waals surface area contributed by atoms with Crippen LogP contribution < -0.4 is 5.32 Å². The van der Waals surface area contributed by atoms with E-state index in [4.69, 9.17) is 47.0 Å². The molecule has 1 aliphatic carbocycles. The van der Waals surface area contributed by atoms with Gasteiger partial charge in [-0.3, -0.25) is 4.79 Å². The van der Waals surface area contributed by atoms with Crippen molar-refractivity contribution in [3.8, 4) is 0 Å². The Morgan fingerprint density at radius 3 is 2.00 bits per heavy atom. The van der Waals surface area contributed by atoms with Gasteiger partial charge in [0.15, 0.2) is 0 Å². The van der Waals surface area contributed by atoms with Gasteiger partial charge in [-0.25, -0.2) is 4.39 Å². The van der Waals surface area contributed by atoms with Crippen molar-refractivity contribution in [3.63, 3.8) is 0 Å². The standard InChI is InChI=1S/C25H16Cl3F10NOS/c26-16-6-12(7-17(27)20(16)28)14(24(33,34)35)8-18(29)11-1-2-13(15(5-11)25(36,37)38)19(41)9-22(3-4-22)21(40)39-10-23(30,31)32/h1-2,5-8,14H,3-4,9-10H2,(H,39,40)/b18-8-. The molecule has 0 bridgehead atoms. The molecule has 3 rings (SSSR count). The molecule has 1 saturated carbocycles. The van der Waals surface area contributed by atoms with Gasteiger partial charge >= 0.3 is 18.5 Å². The molecule has 0 radical (unpaired) electrons. The second kappa shape index (κ2) is 11.9. The molecule has 224 valence electrons. The average molecular weight is 675 g/mol. The Balaban J connectivity index is 1.96. The van der Waals surface area contributed by atoms with E-state index in [-0.39, 0.29) is 40.1 Å². The number of rotatable bonds is 8. The van der Waals surface area contributed by atoms with Gasteiger partial charge in [0.1, 0.15) is 18.3 Å². The third-order valence-corrected chi connectivity index (χ3v) is 7.78. The number of allylic oxidation sites excluding steroid dienone is 1. The number of nitrogens with one attached hydrogen (secondary N) is 1. The van der Waals surface area contributed by atoms with E-state index >= 15 is 4.39 Å². The summed E-state index contributed by atoms with van der Waals surface area (Å²) in [4.78, 5) is 11.8. The van der Waals surface area contributed by atoms with Crippen molar-refractivity contribution in [1.82, 2.24) is 5.32 Å². The second-order valence-electron chi connectivity index (χ2n) is 9.27. The highest BCUT2D eigenvalue weighted by Crippen LogP contribution is 2.51. The largest absolute Gasteiger partial charge is 0.417 e. The number of carbonyl (C=O) groups excluding carboxylic acids is 1. The van der Waals surface area contributed by atoms with Crippen LogP contribution >= 0.6 is 47.0 Å². The molecule has 0 spiro atoms. The number of alkyl halides is 9. The normalized spacial score (nSPS) is 16.4. The minimum Gasteiger partial charge on any atom is -0.346 e. The third kappa shape index (κ3) is 8.26. The van der Waals surface area contributed by atoms with Gasteiger partial charge in [0.05, 0.1) is 26.0 Å². The van der Waals surface area contributed by atoms with Crippen LogP contribution in [0.15, 0.2) is 36.4 Å². The molecule has 2 aromatic rings. The van der Waals surface area contributed by atoms with E-state index in [0.717, 1.165) is 24.3 Å². The van der Waals surface area contributed by atoms with Crippen molar-refractivity contribution in [3.05, 3.63) is 73.7 Å². The van der Waals surface area contributed by atoms with Gasteiger partial charge in [0.2, 0.25) is 5.91 Å². The lowest BCUT2D eigenvalue weighted by Crippen LogP contribution is -2.39. The number of hydrogen-bond donors (Lipinski definition) is 1. The van der Waals surface area contributed by atoms with E-state index in [0.29, 0.717) is 0 Å². The van der Waals surface area contributed by atoms with Gasteiger partial charge in [-0.05, 0) is 49.1 Å². The molecule has 16 heteroatoms. The number of thiocarbonyl (C=S) groups is 1. The van der Waals surface area contributed by atoms with Crippen molar-refractivity contribution >= 4 is 63.6 Å². The fourth-order valence-electron chi connectivity index (χ4n) is 3.95. The van der Waals surface area contributed by atoms with Crippen LogP contribution in [0.2, 0.25) is 15.1 Å². The molecule has 1 unspecified atom stereocenters. The molecule has 0 saturated heterocycles. The Labute approximate surface area is 246 Å². The van der Waals surface area contributed by atoms with E-state index in [9.17, 15) is 44.3 Å². The highest BCUT2D eigenvalue weighted by atomic mass is 35.5. The molecule has 41 heavy (non-hydrogen) atoms. The van der Waals surface area contributed by atoms with Crippen molar-refractivity contribution in [2.75, 3.05) is 6.54 Å². The summed E-state index contributed by atoms with van der Waals surface area (Å²) >= 11 is 22.4. The third-order valence-electron chi connectivity index (χ3n) is 6.22. The Morgan fingerprint density at radius 1 is 0.976 bits per heavy atom. The molecule has 0 aromatic heterocycles. The first-order valence-corrected chi connectivity index (χ1v) is 12.9. The summed E-state index contributed by atoms with van der Waals surface area (Å²) in [7, 11) is 0. The van der Waals surface area contributed by atoms with Crippen molar-refractivity contribution in [2.24, 2.45) is 5.41 Å². The Morgan fingerprint density at radius 2 is 1.54 bits per heavy atom. The van der Waals surface area contributed by atoms with Gasteiger partial charge in [0.25, 0.3) is 0 Å². The van der Waals surface area contributed by atoms with Gasteiger partial charge in [0, 0.05) is 16.0 Å². The van der Waals surface area contributed by atoms with E-state index in [1.165, 1.54) is 0 Å². The van der Waals surface area contributed by atoms with Crippen LogP contribution in [-0.4, -0.2) is 29.7 Å². The maximum Gasteiger partial charge on any atom is 0.417 e. The predicted octanol–water partition coefficient (Wildman–Crippen LogP) is 9.89. The van der Waals surface area contributed by atoms with E-state index in [1.807, 2.05) is 0 Å². The number of carbonyl (C=O) groups is 1. The monoisotopic (exact) mass is 673 g/mol. The van der Waals surface area contributed by atoms with Crippen LogP contribution in [0.3, 0.4) is 0 Å². The fourth-order valence-corrected chi connectivity index (χ4v) is 5.02. The number of halogens is 13. The van der Waals surface area contributed by atoms with E-state index in [2.05, 4.69) is 0 Å². The lowest BCUT2D eigenvalue weighted by Gasteiger charge is -2.20. The van der Waals surface area contributed by atoms with Gasteiger partial charge in [-0.15, -0.1) is 0 Å². The molecule has 2 nitrogen and oxygen atoms in total.